The van der Waals surface area contributed by atoms with Crippen molar-refractivity contribution in [1.82, 2.24) is 9.55 Å². The molecule has 1 aliphatic heterocycles. The summed E-state index contributed by atoms with van der Waals surface area (Å²) in [4.78, 5) is 16.7. The van der Waals surface area contributed by atoms with Gasteiger partial charge in [0, 0.05) is 41.3 Å². The van der Waals surface area contributed by atoms with Gasteiger partial charge in [-0.1, -0.05) is 29.4 Å². The van der Waals surface area contributed by atoms with E-state index in [-0.39, 0.29) is 11.7 Å². The van der Waals surface area contributed by atoms with Crippen LogP contribution in [0.4, 0.5) is 5.69 Å². The van der Waals surface area contributed by atoms with E-state index in [0.29, 0.717) is 35.4 Å². The Balaban J connectivity index is 1.39. The van der Waals surface area contributed by atoms with Crippen molar-refractivity contribution < 1.29 is 14.3 Å². The molecule has 0 fully saturated rings. The lowest BCUT2D eigenvalue weighted by molar-refractivity contribution is -0.113. The molecule has 1 aromatic heterocycles. The molecule has 0 saturated heterocycles. The summed E-state index contributed by atoms with van der Waals surface area (Å²) in [6, 6.07) is 12.9. The number of carbonyl (C=O) groups excluding carboxylic acids is 1. The van der Waals surface area contributed by atoms with Crippen LogP contribution in [0.15, 0.2) is 60.0 Å². The molecular formula is C20H18ClN3O3S. The molecule has 1 aliphatic rings. The Hall–Kier alpha value is -2.64. The fourth-order valence-electron chi connectivity index (χ4n) is 2.79. The number of nitrogens with zero attached hydrogens (tertiary/aromatic N) is 2. The van der Waals surface area contributed by atoms with Crippen LogP contribution in [0.5, 0.6) is 11.5 Å². The molecule has 2 aromatic carbocycles. The van der Waals surface area contributed by atoms with Gasteiger partial charge in [0.1, 0.15) is 0 Å². The van der Waals surface area contributed by atoms with Crippen LogP contribution in [0.3, 0.4) is 0 Å². The van der Waals surface area contributed by atoms with Crippen LogP contribution in [0.2, 0.25) is 5.02 Å². The average molecular weight is 416 g/mol. The third kappa shape index (κ3) is 4.43. The summed E-state index contributed by atoms with van der Waals surface area (Å²) in [5, 5.41) is 4.26. The first kappa shape index (κ1) is 18.7. The molecule has 8 heteroatoms. The number of aromatic nitrogens is 2. The van der Waals surface area contributed by atoms with Crippen LogP contribution in [-0.2, 0) is 4.79 Å². The summed E-state index contributed by atoms with van der Waals surface area (Å²) in [7, 11) is 0. The van der Waals surface area contributed by atoms with Gasteiger partial charge in [0.15, 0.2) is 16.7 Å². The molecule has 0 atom stereocenters. The highest BCUT2D eigenvalue weighted by molar-refractivity contribution is 7.99. The van der Waals surface area contributed by atoms with Crippen molar-refractivity contribution in [3.05, 3.63) is 59.9 Å². The topological polar surface area (TPSA) is 65.4 Å². The molecule has 144 valence electrons. The van der Waals surface area contributed by atoms with Gasteiger partial charge in [-0.15, -0.1) is 0 Å². The number of imidazole rings is 1. The van der Waals surface area contributed by atoms with E-state index in [1.807, 2.05) is 47.2 Å². The number of rotatable bonds is 5. The lowest BCUT2D eigenvalue weighted by atomic mass is 10.2. The summed E-state index contributed by atoms with van der Waals surface area (Å²) in [5.41, 5.74) is 1.57. The first-order valence-corrected chi connectivity index (χ1v) is 10.2. The summed E-state index contributed by atoms with van der Waals surface area (Å²) >= 11 is 7.42. The van der Waals surface area contributed by atoms with Gasteiger partial charge in [0.2, 0.25) is 5.91 Å². The first-order chi connectivity index (χ1) is 13.7. The molecule has 0 saturated carbocycles. The van der Waals surface area contributed by atoms with Crippen molar-refractivity contribution in [3.63, 3.8) is 0 Å². The highest BCUT2D eigenvalue weighted by Gasteiger charge is 2.13. The Labute approximate surface area is 171 Å². The number of nitrogens with one attached hydrogen (secondary N) is 1. The lowest BCUT2D eigenvalue weighted by Gasteiger charge is -2.11. The van der Waals surface area contributed by atoms with E-state index < -0.39 is 0 Å². The smallest absolute Gasteiger partial charge is 0.234 e. The highest BCUT2D eigenvalue weighted by Crippen LogP contribution is 2.32. The molecule has 4 rings (SSSR count). The molecular weight excluding hydrogens is 398 g/mol. The van der Waals surface area contributed by atoms with Crippen LogP contribution in [0, 0.1) is 0 Å². The Morgan fingerprint density at radius 3 is 2.89 bits per heavy atom. The Bertz CT molecular complexity index is 992. The van der Waals surface area contributed by atoms with Crippen LogP contribution in [-0.4, -0.2) is 34.4 Å². The molecule has 0 bridgehead atoms. The van der Waals surface area contributed by atoms with E-state index in [4.69, 9.17) is 21.1 Å². The molecule has 1 amide bonds. The zero-order chi connectivity index (χ0) is 19.3. The number of carbonyl (C=O) groups is 1. The standard InChI is InChI=1S/C20H18ClN3O3S/c21-14-3-1-4-16(11-14)24-8-7-22-20(24)28-13-19(25)23-15-5-6-17-18(12-15)27-10-2-9-26-17/h1,3-8,11-12H,2,9-10,13H2,(H,23,25). The maximum absolute atomic E-state index is 12.4. The normalized spacial score (nSPS) is 13.0. The molecule has 28 heavy (non-hydrogen) atoms. The minimum Gasteiger partial charge on any atom is -0.490 e. The highest BCUT2D eigenvalue weighted by atomic mass is 35.5. The van der Waals surface area contributed by atoms with Gasteiger partial charge < -0.3 is 14.8 Å². The van der Waals surface area contributed by atoms with E-state index >= 15 is 0 Å². The lowest BCUT2D eigenvalue weighted by Crippen LogP contribution is -2.14. The van der Waals surface area contributed by atoms with Crippen molar-refractivity contribution in [1.29, 1.82) is 0 Å². The van der Waals surface area contributed by atoms with Gasteiger partial charge >= 0.3 is 0 Å². The fraction of sp³-hybridized carbons (Fsp3) is 0.200. The zero-order valence-electron chi connectivity index (χ0n) is 14.9. The third-order valence-corrected chi connectivity index (χ3v) is 5.26. The van der Waals surface area contributed by atoms with Gasteiger partial charge in [-0.3, -0.25) is 9.36 Å². The third-order valence-electron chi connectivity index (χ3n) is 4.06. The Morgan fingerprint density at radius 1 is 1.18 bits per heavy atom. The molecule has 6 nitrogen and oxygen atoms in total. The van der Waals surface area contributed by atoms with E-state index in [2.05, 4.69) is 10.3 Å². The van der Waals surface area contributed by atoms with Crippen molar-refractivity contribution in [3.8, 4) is 17.2 Å². The van der Waals surface area contributed by atoms with Crippen molar-refractivity contribution >= 4 is 35.0 Å². The summed E-state index contributed by atoms with van der Waals surface area (Å²) in [6.45, 7) is 1.24. The van der Waals surface area contributed by atoms with Crippen LogP contribution in [0.25, 0.3) is 5.69 Å². The summed E-state index contributed by atoms with van der Waals surface area (Å²) in [5.74, 6) is 1.46. The largest absolute Gasteiger partial charge is 0.490 e. The predicted molar refractivity (Wildman–Crippen MR) is 110 cm³/mol. The number of ether oxygens (including phenoxy) is 2. The average Bonchev–Trinajstić information content (AvgIpc) is 3.04. The second kappa shape index (κ2) is 8.58. The van der Waals surface area contributed by atoms with E-state index in [9.17, 15) is 4.79 Å². The second-order valence-electron chi connectivity index (χ2n) is 6.11. The monoisotopic (exact) mass is 415 g/mol. The SMILES string of the molecule is O=C(CSc1nccn1-c1cccc(Cl)c1)Nc1ccc2c(c1)OCCCO2. The van der Waals surface area contributed by atoms with Crippen LogP contribution >= 0.6 is 23.4 Å². The van der Waals surface area contributed by atoms with Crippen molar-refractivity contribution in [2.75, 3.05) is 24.3 Å². The van der Waals surface area contributed by atoms with Crippen molar-refractivity contribution in [2.45, 2.75) is 11.6 Å². The Kier molecular flexibility index (Phi) is 5.73. The number of halogens is 1. The van der Waals surface area contributed by atoms with Gasteiger partial charge in [0.05, 0.1) is 19.0 Å². The van der Waals surface area contributed by atoms with E-state index in [1.54, 1.807) is 12.3 Å². The first-order valence-electron chi connectivity index (χ1n) is 8.81. The zero-order valence-corrected chi connectivity index (χ0v) is 16.5. The van der Waals surface area contributed by atoms with Crippen LogP contribution < -0.4 is 14.8 Å². The quantitative estimate of drug-likeness (QED) is 0.625. The second-order valence-corrected chi connectivity index (χ2v) is 7.49. The maximum Gasteiger partial charge on any atom is 0.234 e. The predicted octanol–water partition coefficient (Wildman–Crippen LogP) is 4.42. The van der Waals surface area contributed by atoms with Gasteiger partial charge in [-0.2, -0.15) is 0 Å². The molecule has 1 N–H and O–H groups in total. The van der Waals surface area contributed by atoms with E-state index in [0.717, 1.165) is 17.3 Å². The van der Waals surface area contributed by atoms with E-state index in [1.165, 1.54) is 11.8 Å². The van der Waals surface area contributed by atoms with Gasteiger partial charge in [-0.25, -0.2) is 4.98 Å². The number of hydrogen-bond acceptors (Lipinski definition) is 5. The molecule has 0 aliphatic carbocycles. The van der Waals surface area contributed by atoms with Crippen LogP contribution in [0.1, 0.15) is 6.42 Å². The number of benzene rings is 2. The molecule has 0 radical (unpaired) electrons. The molecule has 0 spiro atoms. The fourth-order valence-corrected chi connectivity index (χ4v) is 3.74. The minimum absolute atomic E-state index is 0.125. The molecule has 2 heterocycles. The Morgan fingerprint density at radius 2 is 2.04 bits per heavy atom. The number of thioether (sulfide) groups is 1. The van der Waals surface area contributed by atoms with Crippen molar-refractivity contribution in [2.24, 2.45) is 0 Å². The minimum atomic E-state index is -0.125. The molecule has 3 aromatic rings. The molecule has 0 unspecified atom stereocenters. The number of fused-ring (bicyclic) bond motifs is 1. The summed E-state index contributed by atoms with van der Waals surface area (Å²) in [6.07, 6.45) is 4.38. The number of anilines is 1. The van der Waals surface area contributed by atoms with Gasteiger partial charge in [-0.05, 0) is 30.3 Å². The maximum atomic E-state index is 12.4. The number of amides is 1. The summed E-state index contributed by atoms with van der Waals surface area (Å²) < 4.78 is 13.2. The number of hydrogen-bond donors (Lipinski definition) is 1. The van der Waals surface area contributed by atoms with Gasteiger partial charge in [0.25, 0.3) is 0 Å².